The summed E-state index contributed by atoms with van der Waals surface area (Å²) in [6.07, 6.45) is 6.18. The molecule has 0 spiro atoms. The third-order valence-corrected chi connectivity index (χ3v) is 7.93. The third-order valence-electron chi connectivity index (χ3n) is 7.69. The van der Waals surface area contributed by atoms with Gasteiger partial charge in [0.15, 0.2) is 17.4 Å². The topological polar surface area (TPSA) is 145 Å². The van der Waals surface area contributed by atoms with Gasteiger partial charge in [0, 0.05) is 51.5 Å². The zero-order chi connectivity index (χ0) is 31.0. The van der Waals surface area contributed by atoms with Gasteiger partial charge in [-0.2, -0.15) is 10.4 Å². The van der Waals surface area contributed by atoms with Crippen molar-refractivity contribution in [3.8, 4) is 34.3 Å². The molecule has 222 valence electrons. The van der Waals surface area contributed by atoms with Gasteiger partial charge in [-0.05, 0) is 50.1 Å². The van der Waals surface area contributed by atoms with Crippen molar-refractivity contribution in [1.29, 1.82) is 5.26 Å². The molecule has 6 rings (SSSR count). The fourth-order valence-corrected chi connectivity index (χ4v) is 5.60. The highest BCUT2D eigenvalue weighted by molar-refractivity contribution is 6.31. The Morgan fingerprint density at radius 2 is 2.05 bits per heavy atom. The fourth-order valence-electron chi connectivity index (χ4n) is 5.43. The predicted octanol–water partition coefficient (Wildman–Crippen LogP) is 6.05. The number of aromatic nitrogens is 6. The number of alkyl halides is 1. The third kappa shape index (κ3) is 5.49. The summed E-state index contributed by atoms with van der Waals surface area (Å²) in [6.45, 7) is 3.19. The number of carbonyl (C=O) groups is 1. The maximum Gasteiger partial charge on any atom is 0.227 e. The molecule has 3 atom stereocenters. The van der Waals surface area contributed by atoms with Gasteiger partial charge in [-0.3, -0.25) is 14.6 Å². The summed E-state index contributed by atoms with van der Waals surface area (Å²) in [4.78, 5) is 31.4. The van der Waals surface area contributed by atoms with Crippen molar-refractivity contribution in [3.63, 3.8) is 0 Å². The van der Waals surface area contributed by atoms with E-state index in [1.54, 1.807) is 36.5 Å². The zero-order valence-corrected chi connectivity index (χ0v) is 24.5. The molecule has 5 heterocycles. The number of amides is 1. The van der Waals surface area contributed by atoms with E-state index in [4.69, 9.17) is 16.0 Å². The molecule has 0 saturated carbocycles. The first-order valence-corrected chi connectivity index (χ1v) is 14.4. The largest absolute Gasteiger partial charge is 0.464 e. The molecule has 11 nitrogen and oxygen atoms in total. The quantitative estimate of drug-likeness (QED) is 0.258. The number of anilines is 1. The number of carbonyl (C=O) groups excluding carboxylic acids is 1. The number of halogens is 2. The van der Waals surface area contributed by atoms with Gasteiger partial charge in [0.05, 0.1) is 35.7 Å². The average molecular weight is 613 g/mol. The molecular formula is C31H26ClFN8O3. The van der Waals surface area contributed by atoms with Crippen LogP contribution in [-0.4, -0.2) is 35.7 Å². The van der Waals surface area contributed by atoms with Crippen molar-refractivity contribution in [2.24, 2.45) is 5.92 Å². The van der Waals surface area contributed by atoms with E-state index in [1.165, 1.54) is 41.0 Å². The number of benzene rings is 1. The Balaban J connectivity index is 1.44. The molecule has 13 heteroatoms. The summed E-state index contributed by atoms with van der Waals surface area (Å²) in [6, 6.07) is 11.8. The van der Waals surface area contributed by atoms with Crippen LogP contribution in [0.25, 0.3) is 28.3 Å². The van der Waals surface area contributed by atoms with Crippen molar-refractivity contribution in [2.45, 2.75) is 45.3 Å². The molecule has 0 saturated heterocycles. The Kier molecular flexibility index (Phi) is 7.80. The molecule has 1 aromatic carbocycles. The first kappa shape index (κ1) is 28.9. The Labute approximate surface area is 255 Å². The number of pyridine rings is 1. The maximum atomic E-state index is 14.6. The second kappa shape index (κ2) is 11.9. The van der Waals surface area contributed by atoms with E-state index in [1.807, 2.05) is 13.0 Å². The maximum absolute atomic E-state index is 14.6. The van der Waals surface area contributed by atoms with Gasteiger partial charge in [0.1, 0.15) is 11.8 Å². The van der Waals surface area contributed by atoms with E-state index in [9.17, 15) is 19.2 Å². The van der Waals surface area contributed by atoms with Crippen molar-refractivity contribution in [3.05, 3.63) is 93.4 Å². The van der Waals surface area contributed by atoms with Crippen LogP contribution in [0, 0.1) is 17.2 Å². The van der Waals surface area contributed by atoms with Crippen LogP contribution in [0.2, 0.25) is 5.02 Å². The highest BCUT2D eigenvalue weighted by Crippen LogP contribution is 2.36. The van der Waals surface area contributed by atoms with E-state index in [-0.39, 0.29) is 28.7 Å². The number of rotatable bonds is 4. The van der Waals surface area contributed by atoms with E-state index in [0.717, 1.165) is 0 Å². The standard InChI is InChI=1S/C31H26ClFN8O3/c1-17-4-3-5-22(25-10-19(8-9-35-25)30-26(37-31(17)43)14-36-41(30)18(2)33)24-16-44-29(12-28(24)42)23-11-20(32)6-7-27(23)40-15-21(13-34)38-39-40/h6-12,14-18,22H,3-5H2,1-2H3,(H,37,43)/t17-,18?,22-/m1/s1. The van der Waals surface area contributed by atoms with Gasteiger partial charge in [-0.1, -0.05) is 30.2 Å². The predicted molar refractivity (Wildman–Crippen MR) is 160 cm³/mol. The minimum absolute atomic E-state index is 0.128. The van der Waals surface area contributed by atoms with Gasteiger partial charge in [-0.15, -0.1) is 5.10 Å². The number of hydrogen-bond acceptors (Lipinski definition) is 8. The van der Waals surface area contributed by atoms with E-state index in [2.05, 4.69) is 25.7 Å². The summed E-state index contributed by atoms with van der Waals surface area (Å²) in [5.74, 6) is -0.751. The minimum atomic E-state index is -1.45. The van der Waals surface area contributed by atoms with Crippen molar-refractivity contribution < 1.29 is 13.6 Å². The molecule has 1 unspecified atom stereocenters. The Morgan fingerprint density at radius 3 is 2.80 bits per heavy atom. The normalized spacial score (nSPS) is 17.5. The molecule has 0 aliphatic carbocycles. The van der Waals surface area contributed by atoms with E-state index in [0.29, 0.717) is 63.7 Å². The molecule has 4 aromatic heterocycles. The molecule has 5 aromatic rings. The monoisotopic (exact) mass is 612 g/mol. The summed E-state index contributed by atoms with van der Waals surface area (Å²) in [5.41, 5.74) is 3.23. The SMILES string of the molecule is CC(F)n1ncc2c1-c1ccnc(c1)[C@@H](c1coc(-c3cc(Cl)ccc3-n3cc(C#N)nn3)cc1=O)CCC[C@@H](C)C(=O)N2. The lowest BCUT2D eigenvalue weighted by Gasteiger charge is -2.20. The Morgan fingerprint density at radius 1 is 1.20 bits per heavy atom. The molecule has 1 aliphatic rings. The molecule has 0 radical (unpaired) electrons. The highest BCUT2D eigenvalue weighted by atomic mass is 35.5. The van der Waals surface area contributed by atoms with Crippen molar-refractivity contribution in [2.75, 3.05) is 5.32 Å². The first-order valence-electron chi connectivity index (χ1n) is 14.0. The van der Waals surface area contributed by atoms with Gasteiger partial charge < -0.3 is 9.73 Å². The van der Waals surface area contributed by atoms with Crippen LogP contribution in [-0.2, 0) is 4.79 Å². The number of fused-ring (bicyclic) bond motifs is 4. The molecule has 44 heavy (non-hydrogen) atoms. The number of nitriles is 1. The van der Waals surface area contributed by atoms with E-state index < -0.39 is 12.2 Å². The molecule has 1 N–H and O–H groups in total. The number of hydrogen-bond donors (Lipinski definition) is 1. The lowest BCUT2D eigenvalue weighted by Crippen LogP contribution is -2.22. The van der Waals surface area contributed by atoms with Crippen LogP contribution in [0.1, 0.15) is 62.3 Å². The summed E-state index contributed by atoms with van der Waals surface area (Å²) in [7, 11) is 0. The van der Waals surface area contributed by atoms with Crippen LogP contribution in [0.3, 0.4) is 0 Å². The molecule has 2 bridgehead atoms. The second-order valence-electron chi connectivity index (χ2n) is 10.7. The lowest BCUT2D eigenvalue weighted by atomic mass is 9.88. The summed E-state index contributed by atoms with van der Waals surface area (Å²) < 4.78 is 23.3. The number of nitrogens with one attached hydrogen (secondary N) is 1. The van der Waals surface area contributed by atoms with E-state index >= 15 is 0 Å². The second-order valence-corrected chi connectivity index (χ2v) is 11.1. The smallest absolute Gasteiger partial charge is 0.227 e. The lowest BCUT2D eigenvalue weighted by molar-refractivity contribution is -0.119. The Bertz CT molecular complexity index is 1970. The molecule has 0 fully saturated rings. The van der Waals surface area contributed by atoms with Gasteiger partial charge in [0.25, 0.3) is 0 Å². The summed E-state index contributed by atoms with van der Waals surface area (Å²) >= 11 is 6.30. The number of nitrogens with zero attached hydrogens (tertiary/aromatic N) is 7. The first-order chi connectivity index (χ1) is 21.2. The van der Waals surface area contributed by atoms with Gasteiger partial charge >= 0.3 is 0 Å². The van der Waals surface area contributed by atoms with Gasteiger partial charge in [0.2, 0.25) is 5.91 Å². The van der Waals surface area contributed by atoms with Crippen molar-refractivity contribution in [1.82, 2.24) is 29.8 Å². The fraction of sp³-hybridized carbons (Fsp3) is 0.258. The Hall–Kier alpha value is -5.15. The summed E-state index contributed by atoms with van der Waals surface area (Å²) in [5, 5.41) is 24.5. The highest BCUT2D eigenvalue weighted by Gasteiger charge is 2.26. The van der Waals surface area contributed by atoms with Crippen LogP contribution in [0.4, 0.5) is 10.1 Å². The van der Waals surface area contributed by atoms with Crippen LogP contribution < -0.4 is 10.7 Å². The molecular weight excluding hydrogens is 587 g/mol. The van der Waals surface area contributed by atoms with Crippen LogP contribution in [0.5, 0.6) is 0 Å². The molecule has 1 amide bonds. The van der Waals surface area contributed by atoms with Gasteiger partial charge in [-0.25, -0.2) is 13.8 Å². The average Bonchev–Trinajstić information content (AvgIpc) is 3.67. The van der Waals surface area contributed by atoms with Crippen LogP contribution in [0.15, 0.2) is 70.5 Å². The van der Waals surface area contributed by atoms with Crippen LogP contribution >= 0.6 is 11.6 Å². The molecule has 1 aliphatic heterocycles. The minimum Gasteiger partial charge on any atom is -0.464 e. The van der Waals surface area contributed by atoms with Crippen molar-refractivity contribution >= 4 is 23.2 Å². The zero-order valence-electron chi connectivity index (χ0n) is 23.7.